The molecule has 7 heteroatoms. The van der Waals surface area contributed by atoms with Gasteiger partial charge in [0.1, 0.15) is 11.4 Å². The standard InChI is InChI=1S/C15H16N2O4S/c1-21-15(20)11(6-10-2-4-12(18)5-3-10)7-16-14(19)13-8-22-9-17-13/h2-5,8-9,11,18H,6-7H2,1H3,(H,16,19). The van der Waals surface area contributed by atoms with Crippen LogP contribution in [0.25, 0.3) is 0 Å². The zero-order valence-electron chi connectivity index (χ0n) is 12.0. The van der Waals surface area contributed by atoms with E-state index in [2.05, 4.69) is 10.3 Å². The van der Waals surface area contributed by atoms with Crippen molar-refractivity contribution < 1.29 is 19.4 Å². The molecule has 2 N–H and O–H groups in total. The number of hydrogen-bond acceptors (Lipinski definition) is 6. The molecule has 0 fully saturated rings. The largest absolute Gasteiger partial charge is 0.508 e. The molecule has 6 nitrogen and oxygen atoms in total. The van der Waals surface area contributed by atoms with Gasteiger partial charge in [-0.05, 0) is 24.1 Å². The first-order valence-corrected chi connectivity index (χ1v) is 7.56. The lowest BCUT2D eigenvalue weighted by Crippen LogP contribution is -2.34. The maximum absolute atomic E-state index is 11.9. The van der Waals surface area contributed by atoms with Crippen molar-refractivity contribution in [1.82, 2.24) is 10.3 Å². The molecular formula is C15H16N2O4S. The van der Waals surface area contributed by atoms with Crippen molar-refractivity contribution in [1.29, 1.82) is 0 Å². The molecule has 0 spiro atoms. The summed E-state index contributed by atoms with van der Waals surface area (Å²) in [5.41, 5.74) is 2.78. The quantitative estimate of drug-likeness (QED) is 0.790. The van der Waals surface area contributed by atoms with Gasteiger partial charge >= 0.3 is 5.97 Å². The van der Waals surface area contributed by atoms with E-state index in [1.165, 1.54) is 18.4 Å². The van der Waals surface area contributed by atoms with Crippen LogP contribution in [0.1, 0.15) is 16.1 Å². The molecule has 1 atom stereocenters. The van der Waals surface area contributed by atoms with E-state index in [1.807, 2.05) is 0 Å². The number of methoxy groups -OCH3 is 1. The number of carbonyl (C=O) groups excluding carboxylic acids is 2. The summed E-state index contributed by atoms with van der Waals surface area (Å²) >= 11 is 1.33. The highest BCUT2D eigenvalue weighted by Gasteiger charge is 2.21. The molecule has 0 aliphatic heterocycles. The minimum atomic E-state index is -0.503. The molecule has 1 aromatic carbocycles. The van der Waals surface area contributed by atoms with Crippen molar-refractivity contribution in [2.24, 2.45) is 5.92 Å². The molecule has 0 radical (unpaired) electrons. The molecule has 0 saturated heterocycles. The monoisotopic (exact) mass is 320 g/mol. The van der Waals surface area contributed by atoms with E-state index in [-0.39, 0.29) is 18.2 Å². The van der Waals surface area contributed by atoms with Gasteiger partial charge in [0.25, 0.3) is 5.91 Å². The second-order valence-corrected chi connectivity index (χ2v) is 5.39. The predicted octanol–water partition coefficient (Wildman–Crippen LogP) is 1.61. The molecule has 2 rings (SSSR count). The topological polar surface area (TPSA) is 88.5 Å². The summed E-state index contributed by atoms with van der Waals surface area (Å²) < 4.78 is 4.78. The molecule has 0 bridgehead atoms. The van der Waals surface area contributed by atoms with E-state index >= 15 is 0 Å². The van der Waals surface area contributed by atoms with Gasteiger partial charge in [-0.15, -0.1) is 11.3 Å². The number of aromatic nitrogens is 1. The van der Waals surface area contributed by atoms with Crippen LogP contribution in [0.5, 0.6) is 5.75 Å². The van der Waals surface area contributed by atoms with E-state index in [1.54, 1.807) is 35.2 Å². The minimum Gasteiger partial charge on any atom is -0.508 e. The Morgan fingerprint density at radius 2 is 2.09 bits per heavy atom. The lowest BCUT2D eigenvalue weighted by molar-refractivity contribution is -0.145. The first-order valence-electron chi connectivity index (χ1n) is 6.62. The van der Waals surface area contributed by atoms with Gasteiger partial charge in [0, 0.05) is 11.9 Å². The molecule has 2 aromatic rings. The second-order valence-electron chi connectivity index (χ2n) is 4.67. The van der Waals surface area contributed by atoms with E-state index in [0.29, 0.717) is 12.1 Å². The number of benzene rings is 1. The molecule has 0 saturated carbocycles. The summed E-state index contributed by atoms with van der Waals surface area (Å²) in [6, 6.07) is 6.57. The van der Waals surface area contributed by atoms with Gasteiger partial charge in [-0.1, -0.05) is 12.1 Å². The minimum absolute atomic E-state index is 0.157. The van der Waals surface area contributed by atoms with Crippen molar-refractivity contribution in [3.63, 3.8) is 0 Å². The van der Waals surface area contributed by atoms with Crippen molar-refractivity contribution >= 4 is 23.2 Å². The van der Waals surface area contributed by atoms with Crippen molar-refractivity contribution in [3.8, 4) is 5.75 Å². The van der Waals surface area contributed by atoms with Gasteiger partial charge in [-0.2, -0.15) is 0 Å². The lowest BCUT2D eigenvalue weighted by Gasteiger charge is -2.15. The Morgan fingerprint density at radius 1 is 1.36 bits per heavy atom. The van der Waals surface area contributed by atoms with Crippen LogP contribution < -0.4 is 5.32 Å². The molecule has 0 aliphatic carbocycles. The Bertz CT molecular complexity index is 626. The zero-order valence-corrected chi connectivity index (χ0v) is 12.8. The number of esters is 1. The lowest BCUT2D eigenvalue weighted by atomic mass is 9.99. The Hall–Kier alpha value is -2.41. The fourth-order valence-corrected chi connectivity index (χ4v) is 2.49. The summed E-state index contributed by atoms with van der Waals surface area (Å²) in [6.07, 6.45) is 0.407. The summed E-state index contributed by atoms with van der Waals surface area (Å²) in [5.74, 6) is -1.06. The number of amides is 1. The number of thiazole rings is 1. The maximum atomic E-state index is 11.9. The Labute approximate surface area is 131 Å². The summed E-state index contributed by atoms with van der Waals surface area (Å²) in [6.45, 7) is 0.157. The van der Waals surface area contributed by atoms with E-state index < -0.39 is 11.9 Å². The molecule has 116 valence electrons. The molecule has 22 heavy (non-hydrogen) atoms. The SMILES string of the molecule is COC(=O)C(CNC(=O)c1cscn1)Cc1ccc(O)cc1. The Morgan fingerprint density at radius 3 is 2.68 bits per heavy atom. The number of carbonyl (C=O) groups is 2. The van der Waals surface area contributed by atoms with Gasteiger partial charge in [0.05, 0.1) is 18.5 Å². The van der Waals surface area contributed by atoms with Gasteiger partial charge in [-0.25, -0.2) is 4.98 Å². The van der Waals surface area contributed by atoms with Crippen LogP contribution in [0.4, 0.5) is 0 Å². The summed E-state index contributed by atoms with van der Waals surface area (Å²) in [5, 5.41) is 13.6. The highest BCUT2D eigenvalue weighted by atomic mass is 32.1. The van der Waals surface area contributed by atoms with Gasteiger partial charge in [-0.3, -0.25) is 9.59 Å². The number of hydrogen-bond donors (Lipinski definition) is 2. The van der Waals surface area contributed by atoms with Crippen LogP contribution in [0, 0.1) is 5.92 Å². The van der Waals surface area contributed by atoms with Crippen molar-refractivity contribution in [2.75, 3.05) is 13.7 Å². The average Bonchev–Trinajstić information content (AvgIpc) is 3.06. The predicted molar refractivity (Wildman–Crippen MR) is 81.8 cm³/mol. The van der Waals surface area contributed by atoms with Gasteiger partial charge < -0.3 is 15.2 Å². The zero-order chi connectivity index (χ0) is 15.9. The molecule has 1 amide bonds. The number of ether oxygens (including phenoxy) is 1. The number of rotatable bonds is 6. The third-order valence-electron chi connectivity index (χ3n) is 3.13. The van der Waals surface area contributed by atoms with Crippen LogP contribution in [-0.2, 0) is 16.0 Å². The average molecular weight is 320 g/mol. The molecule has 1 heterocycles. The Kier molecular flexibility index (Phi) is 5.48. The number of nitrogens with one attached hydrogen (secondary N) is 1. The van der Waals surface area contributed by atoms with E-state index in [4.69, 9.17) is 4.74 Å². The fourth-order valence-electron chi connectivity index (χ4n) is 1.95. The first kappa shape index (κ1) is 16.0. The number of phenols is 1. The molecule has 1 unspecified atom stereocenters. The van der Waals surface area contributed by atoms with Gasteiger partial charge in [0.15, 0.2) is 0 Å². The van der Waals surface area contributed by atoms with Crippen LogP contribution in [0.3, 0.4) is 0 Å². The highest BCUT2D eigenvalue weighted by molar-refractivity contribution is 7.07. The number of aromatic hydroxyl groups is 1. The van der Waals surface area contributed by atoms with Crippen molar-refractivity contribution in [3.05, 3.63) is 46.4 Å². The first-order chi connectivity index (χ1) is 10.6. The third-order valence-corrected chi connectivity index (χ3v) is 3.71. The smallest absolute Gasteiger partial charge is 0.310 e. The number of nitrogens with zero attached hydrogens (tertiary/aromatic N) is 1. The summed E-state index contributed by atoms with van der Waals surface area (Å²) in [4.78, 5) is 27.6. The van der Waals surface area contributed by atoms with E-state index in [0.717, 1.165) is 5.56 Å². The molecule has 1 aromatic heterocycles. The van der Waals surface area contributed by atoms with E-state index in [9.17, 15) is 14.7 Å². The van der Waals surface area contributed by atoms with Crippen molar-refractivity contribution in [2.45, 2.75) is 6.42 Å². The Balaban J connectivity index is 1.98. The third kappa shape index (κ3) is 4.29. The van der Waals surface area contributed by atoms with Crippen LogP contribution in [0.2, 0.25) is 0 Å². The van der Waals surface area contributed by atoms with Crippen LogP contribution in [0.15, 0.2) is 35.2 Å². The highest BCUT2D eigenvalue weighted by Crippen LogP contribution is 2.14. The normalized spacial score (nSPS) is 11.7. The fraction of sp³-hybridized carbons (Fsp3) is 0.267. The maximum Gasteiger partial charge on any atom is 0.310 e. The van der Waals surface area contributed by atoms with Crippen LogP contribution in [-0.4, -0.2) is 35.6 Å². The molecular weight excluding hydrogens is 304 g/mol. The summed E-state index contributed by atoms with van der Waals surface area (Å²) in [7, 11) is 1.31. The molecule has 0 aliphatic rings. The number of phenolic OH excluding ortho intramolecular Hbond substituents is 1. The second kappa shape index (κ2) is 7.56. The van der Waals surface area contributed by atoms with Gasteiger partial charge in [0.2, 0.25) is 0 Å². The van der Waals surface area contributed by atoms with Crippen LogP contribution >= 0.6 is 11.3 Å².